The van der Waals surface area contributed by atoms with E-state index in [4.69, 9.17) is 9.47 Å². The summed E-state index contributed by atoms with van der Waals surface area (Å²) in [5.74, 6) is 0.761. The molecule has 3 amide bonds. The Morgan fingerprint density at radius 1 is 1.03 bits per heavy atom. The highest BCUT2D eigenvalue weighted by atomic mass is 16.7. The van der Waals surface area contributed by atoms with Crippen LogP contribution in [0.4, 0.5) is 11.4 Å². The van der Waals surface area contributed by atoms with Gasteiger partial charge in [0.2, 0.25) is 24.5 Å². The molecule has 3 aliphatic rings. The van der Waals surface area contributed by atoms with Crippen LogP contribution in [0.15, 0.2) is 42.5 Å². The lowest BCUT2D eigenvalue weighted by Crippen LogP contribution is -2.44. The normalized spacial score (nSPS) is 20.0. The molecule has 0 aromatic heterocycles. The molecule has 1 N–H and O–H groups in total. The van der Waals surface area contributed by atoms with E-state index in [1.165, 1.54) is 0 Å². The number of nitrogens with one attached hydrogen (secondary N) is 1. The molecule has 2 aromatic rings. The summed E-state index contributed by atoms with van der Waals surface area (Å²) in [5, 5.41) is 2.95. The zero-order valence-electron chi connectivity index (χ0n) is 19.3. The maximum atomic E-state index is 13.2. The molecule has 3 heterocycles. The lowest BCUT2D eigenvalue weighted by atomic mass is 9.94. The monoisotopic (exact) mass is 463 g/mol. The Hall–Kier alpha value is -3.55. The largest absolute Gasteiger partial charge is 0.454 e. The van der Waals surface area contributed by atoms with Crippen LogP contribution in [0.5, 0.6) is 11.5 Å². The predicted octanol–water partition coefficient (Wildman–Crippen LogP) is 3.21. The van der Waals surface area contributed by atoms with Gasteiger partial charge in [0.05, 0.1) is 5.92 Å². The minimum atomic E-state index is -0.337. The predicted molar refractivity (Wildman–Crippen MR) is 127 cm³/mol. The van der Waals surface area contributed by atoms with Crippen molar-refractivity contribution in [3.8, 4) is 11.5 Å². The number of nitrogens with zero attached hydrogens (tertiary/aromatic N) is 2. The number of benzene rings is 2. The number of likely N-dealkylation sites (tertiary alicyclic amines) is 1. The fourth-order valence-electron chi connectivity index (χ4n) is 5.02. The molecule has 3 aliphatic heterocycles. The highest BCUT2D eigenvalue weighted by molar-refractivity contribution is 6.01. The Bertz CT molecular complexity index is 1110. The first-order valence-corrected chi connectivity index (χ1v) is 11.9. The number of hydrogen-bond donors (Lipinski definition) is 1. The van der Waals surface area contributed by atoms with Gasteiger partial charge in [-0.1, -0.05) is 25.1 Å². The fraction of sp³-hybridized carbons (Fsp3) is 0.423. The van der Waals surface area contributed by atoms with Crippen LogP contribution in [0.3, 0.4) is 0 Å². The SMILES string of the molecule is CCc1ccccc1N1CC(C(=O)N2CCC(C(=O)Nc3ccc4c(c3)OCO4)CC2)CC1=O. The summed E-state index contributed by atoms with van der Waals surface area (Å²) in [6.07, 6.45) is 2.28. The first-order valence-electron chi connectivity index (χ1n) is 11.9. The summed E-state index contributed by atoms with van der Waals surface area (Å²) < 4.78 is 10.7. The molecule has 1 unspecified atom stereocenters. The van der Waals surface area contributed by atoms with Gasteiger partial charge in [0.15, 0.2) is 11.5 Å². The number of piperidine rings is 1. The Labute approximate surface area is 198 Å². The van der Waals surface area contributed by atoms with Gasteiger partial charge in [0, 0.05) is 49.4 Å². The molecule has 5 rings (SSSR count). The Kier molecular flexibility index (Phi) is 6.13. The van der Waals surface area contributed by atoms with Crippen LogP contribution in [-0.2, 0) is 20.8 Å². The molecule has 0 aliphatic carbocycles. The molecule has 2 saturated heterocycles. The van der Waals surface area contributed by atoms with Gasteiger partial charge in [-0.2, -0.15) is 0 Å². The van der Waals surface area contributed by atoms with Gasteiger partial charge in [0.1, 0.15) is 0 Å². The van der Waals surface area contributed by atoms with E-state index in [9.17, 15) is 14.4 Å². The fourth-order valence-corrected chi connectivity index (χ4v) is 5.02. The molecule has 0 bridgehead atoms. The smallest absolute Gasteiger partial charge is 0.231 e. The van der Waals surface area contributed by atoms with E-state index in [0.29, 0.717) is 49.7 Å². The van der Waals surface area contributed by atoms with Crippen molar-refractivity contribution in [1.82, 2.24) is 4.90 Å². The molecule has 8 nitrogen and oxygen atoms in total. The van der Waals surface area contributed by atoms with Gasteiger partial charge in [-0.15, -0.1) is 0 Å². The molecule has 34 heavy (non-hydrogen) atoms. The quantitative estimate of drug-likeness (QED) is 0.736. The molecule has 2 aromatic carbocycles. The number of amides is 3. The average molecular weight is 464 g/mol. The highest BCUT2D eigenvalue weighted by Gasteiger charge is 2.39. The van der Waals surface area contributed by atoms with Crippen molar-refractivity contribution in [2.45, 2.75) is 32.6 Å². The molecule has 2 fully saturated rings. The third kappa shape index (κ3) is 4.32. The van der Waals surface area contributed by atoms with Gasteiger partial charge in [-0.25, -0.2) is 0 Å². The van der Waals surface area contributed by atoms with Crippen LogP contribution in [0.25, 0.3) is 0 Å². The standard InChI is InChI=1S/C26H29N3O5/c1-2-17-5-3-4-6-21(17)29-15-19(13-24(29)30)26(32)28-11-9-18(10-12-28)25(31)27-20-7-8-22-23(14-20)34-16-33-22/h3-8,14,18-19H,2,9-13,15-16H2,1H3,(H,27,31). The van der Waals surface area contributed by atoms with E-state index >= 15 is 0 Å². The third-order valence-corrected chi connectivity index (χ3v) is 6.96. The van der Waals surface area contributed by atoms with Crippen molar-refractivity contribution in [3.05, 3.63) is 48.0 Å². The summed E-state index contributed by atoms with van der Waals surface area (Å²) in [6, 6.07) is 13.2. The first-order chi connectivity index (χ1) is 16.5. The zero-order valence-corrected chi connectivity index (χ0v) is 19.3. The van der Waals surface area contributed by atoms with Gasteiger partial charge in [-0.3, -0.25) is 14.4 Å². The van der Waals surface area contributed by atoms with Crippen LogP contribution in [0, 0.1) is 11.8 Å². The van der Waals surface area contributed by atoms with Crippen molar-refractivity contribution in [2.75, 3.05) is 36.6 Å². The number of carbonyl (C=O) groups is 3. The van der Waals surface area contributed by atoms with Crippen molar-refractivity contribution >= 4 is 29.1 Å². The summed E-state index contributed by atoms with van der Waals surface area (Å²) in [4.78, 5) is 42.2. The van der Waals surface area contributed by atoms with Crippen LogP contribution in [-0.4, -0.2) is 49.0 Å². The number of aryl methyl sites for hydroxylation is 1. The third-order valence-electron chi connectivity index (χ3n) is 6.96. The van der Waals surface area contributed by atoms with E-state index in [1.54, 1.807) is 23.1 Å². The van der Waals surface area contributed by atoms with E-state index in [1.807, 2.05) is 29.2 Å². The number of para-hydroxylation sites is 1. The molecule has 0 spiro atoms. The summed E-state index contributed by atoms with van der Waals surface area (Å²) in [7, 11) is 0. The van der Waals surface area contributed by atoms with Crippen molar-refractivity contribution in [1.29, 1.82) is 0 Å². The zero-order chi connectivity index (χ0) is 23.7. The van der Waals surface area contributed by atoms with Crippen molar-refractivity contribution in [3.63, 3.8) is 0 Å². The number of rotatable bonds is 5. The molecule has 178 valence electrons. The average Bonchev–Trinajstić information content (AvgIpc) is 3.49. The van der Waals surface area contributed by atoms with Crippen LogP contribution in [0.2, 0.25) is 0 Å². The minimum absolute atomic E-state index is 0.00256. The van der Waals surface area contributed by atoms with Crippen LogP contribution < -0.4 is 19.7 Å². The molecule has 0 radical (unpaired) electrons. The van der Waals surface area contributed by atoms with Gasteiger partial charge < -0.3 is 24.6 Å². The number of ether oxygens (including phenoxy) is 2. The number of hydrogen-bond acceptors (Lipinski definition) is 5. The molecular formula is C26H29N3O5. The number of fused-ring (bicyclic) bond motifs is 1. The number of anilines is 2. The first kappa shape index (κ1) is 22.3. The second kappa shape index (κ2) is 9.37. The van der Waals surface area contributed by atoms with E-state index in [2.05, 4.69) is 12.2 Å². The minimum Gasteiger partial charge on any atom is -0.454 e. The van der Waals surface area contributed by atoms with E-state index in [0.717, 1.165) is 17.7 Å². The second-order valence-corrected chi connectivity index (χ2v) is 9.04. The molecule has 8 heteroatoms. The van der Waals surface area contributed by atoms with E-state index in [-0.39, 0.29) is 42.8 Å². The topological polar surface area (TPSA) is 88.2 Å². The van der Waals surface area contributed by atoms with E-state index < -0.39 is 0 Å². The van der Waals surface area contributed by atoms with Gasteiger partial charge in [-0.05, 0) is 43.0 Å². The second-order valence-electron chi connectivity index (χ2n) is 9.04. The van der Waals surface area contributed by atoms with Crippen molar-refractivity contribution in [2.24, 2.45) is 11.8 Å². The Balaban J connectivity index is 1.15. The summed E-state index contributed by atoms with van der Waals surface area (Å²) in [5.41, 5.74) is 2.69. The molecular weight excluding hydrogens is 434 g/mol. The number of carbonyl (C=O) groups excluding carboxylic acids is 3. The highest BCUT2D eigenvalue weighted by Crippen LogP contribution is 2.35. The van der Waals surface area contributed by atoms with Gasteiger partial charge >= 0.3 is 0 Å². The molecule has 1 atom stereocenters. The summed E-state index contributed by atoms with van der Waals surface area (Å²) in [6.45, 7) is 3.71. The molecule has 0 saturated carbocycles. The summed E-state index contributed by atoms with van der Waals surface area (Å²) >= 11 is 0. The lowest BCUT2D eigenvalue weighted by Gasteiger charge is -2.33. The maximum absolute atomic E-state index is 13.2. The Morgan fingerprint density at radius 2 is 1.79 bits per heavy atom. The van der Waals surface area contributed by atoms with Crippen molar-refractivity contribution < 1.29 is 23.9 Å². The Morgan fingerprint density at radius 3 is 2.59 bits per heavy atom. The lowest BCUT2D eigenvalue weighted by molar-refractivity contribution is -0.138. The maximum Gasteiger partial charge on any atom is 0.231 e. The van der Waals surface area contributed by atoms with Gasteiger partial charge in [0.25, 0.3) is 0 Å². The van der Waals surface area contributed by atoms with Crippen LogP contribution >= 0.6 is 0 Å². The van der Waals surface area contributed by atoms with Crippen LogP contribution in [0.1, 0.15) is 31.7 Å².